The minimum Gasteiger partial charge on any atom is -0.372 e. The second-order valence-corrected chi connectivity index (χ2v) is 6.42. The van der Waals surface area contributed by atoms with Crippen LogP contribution in [-0.4, -0.2) is 49.9 Å². The van der Waals surface area contributed by atoms with Crippen molar-refractivity contribution in [2.75, 3.05) is 43.0 Å². The molecule has 0 radical (unpaired) electrons. The summed E-state index contributed by atoms with van der Waals surface area (Å²) in [5, 5.41) is 0. The molecule has 0 aliphatic carbocycles. The average molecular weight is 348 g/mol. The lowest BCUT2D eigenvalue weighted by Gasteiger charge is -2.27. The van der Waals surface area contributed by atoms with Gasteiger partial charge in [0.25, 0.3) is 0 Å². The van der Waals surface area contributed by atoms with Crippen molar-refractivity contribution in [1.29, 1.82) is 0 Å². The minimum atomic E-state index is -0.115. The maximum absolute atomic E-state index is 12.4. The average Bonchev–Trinajstić information content (AvgIpc) is 2.58. The highest BCUT2D eigenvalue weighted by molar-refractivity contribution is 5.98. The molecule has 5 nitrogen and oxygen atoms in total. The highest BCUT2D eigenvalue weighted by Gasteiger charge is 2.20. The molecule has 0 atom stereocenters. The smallest absolute Gasteiger partial charge is 0.242 e. The summed E-state index contributed by atoms with van der Waals surface area (Å²) in [5.41, 5.74) is 2.95. The van der Waals surface area contributed by atoms with Crippen LogP contribution in [0.3, 0.4) is 0 Å². The van der Waals surface area contributed by atoms with Crippen molar-refractivity contribution in [3.8, 4) is 0 Å². The van der Waals surface area contributed by atoms with Crippen molar-refractivity contribution in [3.63, 3.8) is 0 Å². The lowest BCUT2D eigenvalue weighted by atomic mass is 10.1. The van der Waals surface area contributed by atoms with E-state index in [4.69, 9.17) is 0 Å². The third kappa shape index (κ3) is 5.76. The van der Waals surface area contributed by atoms with Crippen molar-refractivity contribution < 1.29 is 9.59 Å². The zero-order valence-electron chi connectivity index (χ0n) is 16.6. The van der Waals surface area contributed by atoms with Crippen LogP contribution in [0.1, 0.15) is 46.1 Å². The van der Waals surface area contributed by atoms with Gasteiger partial charge in [-0.05, 0) is 51.0 Å². The lowest BCUT2D eigenvalue weighted by Crippen LogP contribution is -2.41. The number of benzene rings is 1. The zero-order valence-corrected chi connectivity index (χ0v) is 16.6. The highest BCUT2D eigenvalue weighted by Crippen LogP contribution is 2.26. The van der Waals surface area contributed by atoms with E-state index in [9.17, 15) is 9.59 Å². The molecule has 0 bridgehead atoms. The fraction of sp³-hybridized carbons (Fsp3) is 0.600. The summed E-state index contributed by atoms with van der Waals surface area (Å²) >= 11 is 0. The van der Waals surface area contributed by atoms with E-state index in [1.165, 1.54) is 6.92 Å². The molecule has 0 unspecified atom stereocenters. The number of carbonyl (C=O) groups is 2. The summed E-state index contributed by atoms with van der Waals surface area (Å²) in [6, 6.07) is 6.06. The van der Waals surface area contributed by atoms with Crippen molar-refractivity contribution in [3.05, 3.63) is 23.8 Å². The van der Waals surface area contributed by atoms with E-state index in [0.717, 1.165) is 49.4 Å². The van der Waals surface area contributed by atoms with Crippen LogP contribution in [0.5, 0.6) is 0 Å². The summed E-state index contributed by atoms with van der Waals surface area (Å²) in [6.45, 7) is 12.5. The summed E-state index contributed by atoms with van der Waals surface area (Å²) < 4.78 is 0. The number of hydrogen-bond donors (Lipinski definition) is 0. The number of unbranched alkanes of at least 4 members (excludes halogenated alkanes) is 1. The Hall–Kier alpha value is -2.04. The van der Waals surface area contributed by atoms with Crippen molar-refractivity contribution in [1.82, 2.24) is 4.90 Å². The van der Waals surface area contributed by atoms with Gasteiger partial charge < -0.3 is 14.7 Å². The first-order valence-corrected chi connectivity index (χ1v) is 9.23. The number of aryl methyl sites for hydroxylation is 1. The summed E-state index contributed by atoms with van der Waals surface area (Å²) in [6.07, 6.45) is 2.01. The first-order valence-electron chi connectivity index (χ1n) is 9.23. The Morgan fingerprint density at radius 2 is 1.72 bits per heavy atom. The van der Waals surface area contributed by atoms with Crippen molar-refractivity contribution in [2.24, 2.45) is 0 Å². The normalized spacial score (nSPS) is 10.5. The van der Waals surface area contributed by atoms with Crippen LogP contribution < -0.4 is 9.80 Å². The van der Waals surface area contributed by atoms with Gasteiger partial charge >= 0.3 is 0 Å². The third-order valence-electron chi connectivity index (χ3n) is 4.55. The third-order valence-corrected chi connectivity index (χ3v) is 4.55. The standard InChI is InChI=1S/C20H33N3O2/c1-7-10-13-21(6)20(25)15-23(17(5)24)19-12-11-18(14-16(19)4)22(8-2)9-3/h11-12,14H,7-10,13,15H2,1-6H3. The molecule has 0 N–H and O–H groups in total. The van der Waals surface area contributed by atoms with Crippen LogP contribution in [0, 0.1) is 6.92 Å². The molecule has 140 valence electrons. The number of carbonyl (C=O) groups excluding carboxylic acids is 2. The van der Waals surface area contributed by atoms with Gasteiger partial charge in [0.1, 0.15) is 6.54 Å². The first kappa shape index (κ1) is 21.0. The van der Waals surface area contributed by atoms with Crippen LogP contribution in [-0.2, 0) is 9.59 Å². The van der Waals surface area contributed by atoms with E-state index < -0.39 is 0 Å². The molecule has 1 rings (SSSR count). The SMILES string of the molecule is CCCCN(C)C(=O)CN(C(C)=O)c1ccc(N(CC)CC)cc1C. The van der Waals surface area contributed by atoms with E-state index in [1.807, 2.05) is 19.1 Å². The molecular weight excluding hydrogens is 314 g/mol. The first-order chi connectivity index (χ1) is 11.8. The molecule has 0 heterocycles. The molecule has 0 saturated carbocycles. The van der Waals surface area contributed by atoms with Gasteiger partial charge in [-0.2, -0.15) is 0 Å². The van der Waals surface area contributed by atoms with Gasteiger partial charge in [-0.3, -0.25) is 9.59 Å². The van der Waals surface area contributed by atoms with E-state index in [0.29, 0.717) is 0 Å². The molecule has 0 aliphatic rings. The Kier molecular flexibility index (Phi) is 8.46. The summed E-state index contributed by atoms with van der Waals surface area (Å²) in [4.78, 5) is 30.1. The van der Waals surface area contributed by atoms with E-state index in [-0.39, 0.29) is 18.4 Å². The maximum atomic E-state index is 12.4. The quantitative estimate of drug-likeness (QED) is 0.687. The fourth-order valence-corrected chi connectivity index (χ4v) is 2.87. The highest BCUT2D eigenvalue weighted by atomic mass is 16.2. The molecule has 0 spiro atoms. The Morgan fingerprint density at radius 3 is 2.20 bits per heavy atom. The van der Waals surface area contributed by atoms with E-state index in [1.54, 1.807) is 16.8 Å². The van der Waals surface area contributed by atoms with Gasteiger partial charge in [0.05, 0.1) is 0 Å². The number of nitrogens with zero attached hydrogens (tertiary/aromatic N) is 3. The predicted molar refractivity (Wildman–Crippen MR) is 105 cm³/mol. The Morgan fingerprint density at radius 1 is 1.08 bits per heavy atom. The van der Waals surface area contributed by atoms with E-state index in [2.05, 4.69) is 31.7 Å². The molecule has 0 aliphatic heterocycles. The Labute approximate surface area is 152 Å². The Bertz CT molecular complexity index is 582. The molecule has 25 heavy (non-hydrogen) atoms. The molecule has 2 amide bonds. The van der Waals surface area contributed by atoms with E-state index >= 15 is 0 Å². The molecule has 0 aromatic heterocycles. The van der Waals surface area contributed by atoms with Gasteiger partial charge in [-0.15, -0.1) is 0 Å². The molecule has 0 saturated heterocycles. The largest absolute Gasteiger partial charge is 0.372 e. The van der Waals surface area contributed by atoms with Crippen LogP contribution in [0.2, 0.25) is 0 Å². The summed E-state index contributed by atoms with van der Waals surface area (Å²) in [5.74, 6) is -0.146. The molecule has 1 aromatic carbocycles. The monoisotopic (exact) mass is 347 g/mol. The summed E-state index contributed by atoms with van der Waals surface area (Å²) in [7, 11) is 1.80. The van der Waals surface area contributed by atoms with Crippen LogP contribution in [0.25, 0.3) is 0 Å². The molecule has 0 fully saturated rings. The number of likely N-dealkylation sites (N-methyl/N-ethyl adjacent to an activating group) is 1. The second-order valence-electron chi connectivity index (χ2n) is 6.42. The van der Waals surface area contributed by atoms with Gasteiger partial charge in [-0.25, -0.2) is 0 Å². The van der Waals surface area contributed by atoms with Gasteiger partial charge in [0.2, 0.25) is 11.8 Å². The van der Waals surface area contributed by atoms with Gasteiger partial charge in [0, 0.05) is 45.0 Å². The predicted octanol–water partition coefficient (Wildman–Crippen LogP) is 3.45. The second kappa shape index (κ2) is 10.1. The van der Waals surface area contributed by atoms with Crippen molar-refractivity contribution >= 4 is 23.2 Å². The Balaban J connectivity index is 2.99. The number of rotatable bonds is 9. The maximum Gasteiger partial charge on any atom is 0.242 e. The molecule has 5 heteroatoms. The zero-order chi connectivity index (χ0) is 19.0. The van der Waals surface area contributed by atoms with Crippen molar-refractivity contribution in [2.45, 2.75) is 47.5 Å². The van der Waals surface area contributed by atoms with Crippen LogP contribution >= 0.6 is 0 Å². The van der Waals surface area contributed by atoms with Crippen LogP contribution in [0.4, 0.5) is 11.4 Å². The number of anilines is 2. The lowest BCUT2D eigenvalue weighted by molar-refractivity contribution is -0.130. The topological polar surface area (TPSA) is 43.9 Å². The number of hydrogen-bond acceptors (Lipinski definition) is 3. The van der Waals surface area contributed by atoms with Crippen LogP contribution in [0.15, 0.2) is 18.2 Å². The van der Waals surface area contributed by atoms with Gasteiger partial charge in [0.15, 0.2) is 0 Å². The molecule has 1 aromatic rings. The molecular formula is C20H33N3O2. The number of amides is 2. The minimum absolute atomic E-state index is 0.0316. The fourth-order valence-electron chi connectivity index (χ4n) is 2.87. The van der Waals surface area contributed by atoms with Gasteiger partial charge in [-0.1, -0.05) is 13.3 Å².